The molecule has 0 amide bonds. The summed E-state index contributed by atoms with van der Waals surface area (Å²) in [5.74, 6) is 0.786. The van der Waals surface area contributed by atoms with Crippen molar-refractivity contribution < 1.29 is 14.3 Å². The third-order valence-corrected chi connectivity index (χ3v) is 4.19. The molecule has 0 bridgehead atoms. The fourth-order valence-electron chi connectivity index (χ4n) is 2.31. The van der Waals surface area contributed by atoms with Gasteiger partial charge in [-0.15, -0.1) is 11.3 Å². The molecule has 5 heteroatoms. The quantitative estimate of drug-likeness (QED) is 0.631. The zero-order valence-electron chi connectivity index (χ0n) is 11.5. The van der Waals surface area contributed by atoms with Gasteiger partial charge in [0.1, 0.15) is 12.4 Å². The van der Waals surface area contributed by atoms with E-state index in [-0.39, 0.29) is 0 Å². The van der Waals surface area contributed by atoms with E-state index in [0.29, 0.717) is 18.2 Å². The molecule has 0 unspecified atom stereocenters. The number of cyclic esters (lactones) is 1. The number of carbonyl (C=O) groups is 1. The van der Waals surface area contributed by atoms with Gasteiger partial charge in [0.25, 0.3) is 0 Å². The number of aliphatic imine (C=N–C) groups is 1. The Balaban J connectivity index is 1.66. The maximum Gasteiger partial charge on any atom is 0.363 e. The molecule has 1 aromatic carbocycles. The summed E-state index contributed by atoms with van der Waals surface area (Å²) in [7, 11) is 0. The Labute approximate surface area is 131 Å². The summed E-state index contributed by atoms with van der Waals surface area (Å²) in [6, 6.07) is 11.5. The first-order chi connectivity index (χ1) is 10.8. The molecule has 0 spiro atoms. The Hall–Kier alpha value is -2.66. The van der Waals surface area contributed by atoms with Gasteiger partial charge in [0.05, 0.1) is 4.88 Å². The molecule has 2 aliphatic rings. The summed E-state index contributed by atoms with van der Waals surface area (Å²) in [5.41, 5.74) is 2.19. The molecule has 4 rings (SSSR count). The first kappa shape index (κ1) is 13.0. The number of nitrogens with zero attached hydrogens (tertiary/aromatic N) is 1. The lowest BCUT2D eigenvalue weighted by atomic mass is 10.1. The van der Waals surface area contributed by atoms with Crippen LogP contribution in [0.1, 0.15) is 10.4 Å². The lowest BCUT2D eigenvalue weighted by Gasteiger charge is -2.15. The van der Waals surface area contributed by atoms with Crippen molar-refractivity contribution >= 4 is 29.3 Å². The standard InChI is InChI=1S/C17H11NO3S/c19-17-13(18-16(21-17)15-6-3-7-22-15)9-11-8-12-4-1-2-5-14(12)20-10-11/h1-9H,10H2/b13-9-. The van der Waals surface area contributed by atoms with Gasteiger partial charge >= 0.3 is 5.97 Å². The Morgan fingerprint density at radius 3 is 2.95 bits per heavy atom. The average Bonchev–Trinajstić information content (AvgIpc) is 3.18. The van der Waals surface area contributed by atoms with E-state index >= 15 is 0 Å². The number of para-hydroxylation sites is 1. The monoisotopic (exact) mass is 309 g/mol. The summed E-state index contributed by atoms with van der Waals surface area (Å²) < 4.78 is 10.9. The fraction of sp³-hybridized carbons (Fsp3) is 0.0588. The molecule has 2 aliphatic heterocycles. The zero-order valence-corrected chi connectivity index (χ0v) is 12.3. The third-order valence-electron chi connectivity index (χ3n) is 3.33. The Kier molecular flexibility index (Phi) is 3.12. The van der Waals surface area contributed by atoms with Crippen molar-refractivity contribution in [3.8, 4) is 5.75 Å². The fourth-order valence-corrected chi connectivity index (χ4v) is 2.96. The van der Waals surface area contributed by atoms with Crippen molar-refractivity contribution in [1.29, 1.82) is 0 Å². The summed E-state index contributed by atoms with van der Waals surface area (Å²) in [6.45, 7) is 0.414. The van der Waals surface area contributed by atoms with E-state index in [9.17, 15) is 4.79 Å². The number of ether oxygens (including phenoxy) is 2. The van der Waals surface area contributed by atoms with Gasteiger partial charge < -0.3 is 9.47 Å². The Morgan fingerprint density at radius 2 is 2.09 bits per heavy atom. The number of fused-ring (bicyclic) bond motifs is 1. The maximum absolute atomic E-state index is 11.9. The van der Waals surface area contributed by atoms with Crippen LogP contribution in [0.2, 0.25) is 0 Å². The van der Waals surface area contributed by atoms with E-state index < -0.39 is 5.97 Å². The van der Waals surface area contributed by atoms with Crippen molar-refractivity contribution in [3.05, 3.63) is 69.6 Å². The highest BCUT2D eigenvalue weighted by molar-refractivity contribution is 7.12. The molecule has 22 heavy (non-hydrogen) atoms. The molecular formula is C17H11NO3S. The van der Waals surface area contributed by atoms with Gasteiger partial charge in [-0.3, -0.25) is 0 Å². The molecule has 0 saturated carbocycles. The molecule has 3 heterocycles. The minimum absolute atomic E-state index is 0.303. The molecule has 1 aromatic heterocycles. The summed E-state index contributed by atoms with van der Waals surface area (Å²) >= 11 is 1.49. The van der Waals surface area contributed by atoms with Crippen LogP contribution in [0.5, 0.6) is 5.75 Å². The van der Waals surface area contributed by atoms with Crippen LogP contribution in [0.25, 0.3) is 6.08 Å². The van der Waals surface area contributed by atoms with E-state index in [1.54, 1.807) is 6.08 Å². The zero-order chi connectivity index (χ0) is 14.9. The molecule has 0 saturated heterocycles. The molecule has 0 atom stereocenters. The van der Waals surface area contributed by atoms with Crippen molar-refractivity contribution in [2.24, 2.45) is 4.99 Å². The Morgan fingerprint density at radius 1 is 1.18 bits per heavy atom. The molecule has 0 radical (unpaired) electrons. The molecule has 4 nitrogen and oxygen atoms in total. The van der Waals surface area contributed by atoms with Gasteiger partial charge in [-0.1, -0.05) is 24.3 Å². The van der Waals surface area contributed by atoms with Crippen LogP contribution < -0.4 is 4.74 Å². The summed E-state index contributed by atoms with van der Waals surface area (Å²) in [4.78, 5) is 17.1. The predicted molar refractivity (Wildman–Crippen MR) is 84.9 cm³/mol. The first-order valence-electron chi connectivity index (χ1n) is 6.78. The van der Waals surface area contributed by atoms with Gasteiger partial charge in [0, 0.05) is 5.56 Å². The van der Waals surface area contributed by atoms with Crippen LogP contribution in [0.4, 0.5) is 0 Å². The number of carbonyl (C=O) groups excluding carboxylic acids is 1. The smallest absolute Gasteiger partial charge is 0.363 e. The number of hydrogen-bond acceptors (Lipinski definition) is 5. The number of rotatable bonds is 2. The second kappa shape index (κ2) is 5.27. The molecule has 0 N–H and O–H groups in total. The Bertz CT molecular complexity index is 831. The van der Waals surface area contributed by atoms with E-state index in [2.05, 4.69) is 4.99 Å². The van der Waals surface area contributed by atoms with Gasteiger partial charge in [-0.25, -0.2) is 9.79 Å². The van der Waals surface area contributed by atoms with Crippen LogP contribution in [0, 0.1) is 0 Å². The molecule has 108 valence electrons. The van der Waals surface area contributed by atoms with Crippen LogP contribution >= 0.6 is 11.3 Å². The average molecular weight is 309 g/mol. The van der Waals surface area contributed by atoms with Crippen molar-refractivity contribution in [3.63, 3.8) is 0 Å². The van der Waals surface area contributed by atoms with Crippen LogP contribution in [-0.2, 0) is 9.53 Å². The van der Waals surface area contributed by atoms with E-state index in [0.717, 1.165) is 21.8 Å². The highest BCUT2D eigenvalue weighted by Crippen LogP contribution is 2.28. The van der Waals surface area contributed by atoms with E-state index in [1.165, 1.54) is 11.3 Å². The number of benzene rings is 1. The number of esters is 1. The summed E-state index contributed by atoms with van der Waals surface area (Å²) in [6.07, 6.45) is 3.72. The summed E-state index contributed by atoms with van der Waals surface area (Å²) in [5, 5.41) is 1.92. The third kappa shape index (κ3) is 2.35. The highest BCUT2D eigenvalue weighted by atomic mass is 32.1. The van der Waals surface area contributed by atoms with Gasteiger partial charge in [0.2, 0.25) is 5.90 Å². The highest BCUT2D eigenvalue weighted by Gasteiger charge is 2.25. The number of thiophene rings is 1. The van der Waals surface area contributed by atoms with Crippen molar-refractivity contribution in [1.82, 2.24) is 0 Å². The second-order valence-corrected chi connectivity index (χ2v) is 5.81. The second-order valence-electron chi connectivity index (χ2n) is 4.86. The van der Waals surface area contributed by atoms with E-state index in [4.69, 9.17) is 9.47 Å². The maximum atomic E-state index is 11.9. The number of hydrogen-bond donors (Lipinski definition) is 0. The topological polar surface area (TPSA) is 47.9 Å². The van der Waals surface area contributed by atoms with Crippen LogP contribution in [0.15, 0.2) is 64.1 Å². The minimum atomic E-state index is -0.428. The van der Waals surface area contributed by atoms with Crippen molar-refractivity contribution in [2.75, 3.05) is 6.61 Å². The lowest BCUT2D eigenvalue weighted by Crippen LogP contribution is -2.07. The van der Waals surface area contributed by atoms with Gasteiger partial charge in [-0.05, 0) is 35.2 Å². The normalized spacial score (nSPS) is 18.4. The van der Waals surface area contributed by atoms with Crippen molar-refractivity contribution in [2.45, 2.75) is 0 Å². The minimum Gasteiger partial charge on any atom is -0.488 e. The molecule has 0 aliphatic carbocycles. The van der Waals surface area contributed by atoms with Crippen LogP contribution in [0.3, 0.4) is 0 Å². The van der Waals surface area contributed by atoms with Crippen LogP contribution in [-0.4, -0.2) is 18.5 Å². The lowest BCUT2D eigenvalue weighted by molar-refractivity contribution is -0.130. The SMILES string of the molecule is O=C1OC(c2cccs2)=N/C1=C\C1=Cc2ccccc2OC1. The molecular weight excluding hydrogens is 298 g/mol. The van der Waals surface area contributed by atoms with E-state index in [1.807, 2.05) is 47.9 Å². The predicted octanol–water partition coefficient (Wildman–Crippen LogP) is 3.41. The first-order valence-corrected chi connectivity index (χ1v) is 7.66. The largest absolute Gasteiger partial charge is 0.488 e. The van der Waals surface area contributed by atoms with Gasteiger partial charge in [0.15, 0.2) is 5.70 Å². The molecule has 2 aromatic rings. The molecule has 0 fully saturated rings. The van der Waals surface area contributed by atoms with Gasteiger partial charge in [-0.2, -0.15) is 0 Å².